The number of carbonyl (C=O) groups is 7. The average molecular weight is 1940 g/mol. The monoisotopic (exact) mass is 1930 g/mol. The molecule has 0 saturated carbocycles. The summed E-state index contributed by atoms with van der Waals surface area (Å²) in [7, 11) is 1.29. The lowest BCUT2D eigenvalue weighted by Gasteiger charge is -2.41. The highest BCUT2D eigenvalue weighted by atomic mass is 35.5. The first-order valence-corrected chi connectivity index (χ1v) is 46.7. The summed E-state index contributed by atoms with van der Waals surface area (Å²) in [5.41, 5.74) is 2.17. The molecule has 4 saturated heterocycles. The summed E-state index contributed by atoms with van der Waals surface area (Å²) in [6.07, 6.45) is 5.25. The maximum Gasteiger partial charge on any atom is 0.451 e. The lowest BCUT2D eigenvalue weighted by Crippen LogP contribution is -2.57. The van der Waals surface area contributed by atoms with E-state index in [2.05, 4.69) is 78.9 Å². The number of alkyl halides is 11. The molecule has 722 valence electrons. The molecule has 7 aromatic rings. The first kappa shape index (κ1) is 108. The van der Waals surface area contributed by atoms with E-state index in [4.69, 9.17) is 67.2 Å². The summed E-state index contributed by atoms with van der Waals surface area (Å²) in [6.45, 7) is 18.1. The van der Waals surface area contributed by atoms with Gasteiger partial charge in [-0.05, 0) is 193 Å². The summed E-state index contributed by atoms with van der Waals surface area (Å²) in [5.74, 6) is 0.794. The van der Waals surface area contributed by atoms with Crippen molar-refractivity contribution in [1.29, 1.82) is 5.26 Å². The number of benzene rings is 6. The third-order valence-electron chi connectivity index (χ3n) is 23.9. The van der Waals surface area contributed by atoms with E-state index in [1.807, 2.05) is 83.8 Å². The Morgan fingerprint density at radius 3 is 1.44 bits per heavy atom. The number of piperidine rings is 4. The van der Waals surface area contributed by atoms with Crippen LogP contribution in [0.15, 0.2) is 156 Å². The van der Waals surface area contributed by atoms with Crippen molar-refractivity contribution in [3.05, 3.63) is 212 Å². The Morgan fingerprint density at radius 1 is 0.534 bits per heavy atom. The smallest absolute Gasteiger partial charge is 0.451 e. The molecule has 8 amide bonds. The molecule has 35 heteroatoms. The van der Waals surface area contributed by atoms with E-state index in [0.29, 0.717) is 60.5 Å². The molecule has 1 atom stereocenters. The number of likely N-dealkylation sites (tertiary alicyclic amines) is 4. The second-order valence-electron chi connectivity index (χ2n) is 33.7. The van der Waals surface area contributed by atoms with Gasteiger partial charge < -0.3 is 70.0 Å². The molecule has 22 nitrogen and oxygen atoms in total. The van der Waals surface area contributed by atoms with Gasteiger partial charge in [0.2, 0.25) is 5.76 Å². The largest absolute Gasteiger partial charge is 0.469 e. The van der Waals surface area contributed by atoms with Gasteiger partial charge in [-0.3, -0.25) is 14.4 Å². The minimum atomic E-state index is -4.68. The van der Waals surface area contributed by atoms with Gasteiger partial charge in [0, 0.05) is 145 Å². The molecular formula is C98H120Cl4F9N13O9. The van der Waals surface area contributed by atoms with E-state index in [0.717, 1.165) is 201 Å². The van der Waals surface area contributed by atoms with Crippen LogP contribution in [0, 0.1) is 30.6 Å². The maximum absolute atomic E-state index is 13.5. The molecule has 5 N–H and O–H groups in total. The van der Waals surface area contributed by atoms with Crippen molar-refractivity contribution in [3.63, 3.8) is 0 Å². The van der Waals surface area contributed by atoms with Crippen LogP contribution in [0.1, 0.15) is 180 Å². The third-order valence-corrected chi connectivity index (χ3v) is 25.3. The number of rotatable bonds is 34. The fourth-order valence-corrected chi connectivity index (χ4v) is 17.2. The fourth-order valence-electron chi connectivity index (χ4n) is 16.7. The molecule has 0 bridgehead atoms. The molecule has 4 aliphatic rings. The number of nitrogens with zero attached hydrogens (tertiary/aromatic N) is 8. The number of anilines is 4. The van der Waals surface area contributed by atoms with Crippen molar-refractivity contribution in [2.45, 2.75) is 218 Å². The molecular weight excluding hydrogens is 1820 g/mol. The predicted octanol–water partition coefficient (Wildman–Crippen LogP) is 22.4. The number of halogens is 13. The Balaban J connectivity index is 0.000000219. The zero-order valence-electron chi connectivity index (χ0n) is 75.7. The van der Waals surface area contributed by atoms with E-state index in [-0.39, 0.29) is 96.1 Å². The Bertz CT molecular complexity index is 4970. The lowest BCUT2D eigenvalue weighted by molar-refractivity contribution is -0.152. The van der Waals surface area contributed by atoms with Crippen molar-refractivity contribution >= 4 is 111 Å². The molecule has 0 spiro atoms. The molecule has 0 radical (unpaired) electrons. The minimum Gasteiger partial charge on any atom is -0.469 e. The molecule has 6 aromatic carbocycles. The number of amides is 8. The van der Waals surface area contributed by atoms with Gasteiger partial charge in [-0.25, -0.2) is 19.2 Å². The van der Waals surface area contributed by atoms with Crippen LogP contribution in [0.4, 0.5) is 81.4 Å². The number of Topliss-reactive ketones (excluding diaryl/α,β-unsaturated/α-hetero) is 2. The van der Waals surface area contributed by atoms with Gasteiger partial charge in [0.15, 0.2) is 11.6 Å². The van der Waals surface area contributed by atoms with E-state index >= 15 is 0 Å². The van der Waals surface area contributed by atoms with Crippen molar-refractivity contribution in [1.82, 2.24) is 39.6 Å². The molecule has 1 unspecified atom stereocenters. The second-order valence-corrected chi connectivity index (χ2v) is 35.1. The van der Waals surface area contributed by atoms with Crippen LogP contribution >= 0.6 is 46.4 Å². The van der Waals surface area contributed by atoms with E-state index in [1.165, 1.54) is 44.4 Å². The topological polar surface area (TPSA) is 248 Å². The first-order chi connectivity index (χ1) is 63.5. The van der Waals surface area contributed by atoms with Crippen LogP contribution in [-0.4, -0.2) is 197 Å². The number of nitriles is 1. The highest BCUT2D eigenvalue weighted by Crippen LogP contribution is 2.39. The first-order valence-electron chi connectivity index (χ1n) is 44.9. The Morgan fingerprint density at radius 2 is 0.985 bits per heavy atom. The number of ether oxygens (including phenoxy) is 1. The molecule has 11 rings (SSSR count). The molecule has 1 aromatic heterocycles. The third kappa shape index (κ3) is 35.6. The number of esters is 1. The zero-order chi connectivity index (χ0) is 96.8. The number of carbonyl (C=O) groups excluding carboxylic acids is 7. The SMILES string of the molecule is C#CCCCN1CCC(N(Cc2ccccc2CC(=O)CCl)C(=O)Nc2cccc(C(F)(F)F)c2)CC1.CCCC(C)N1CCC(N(Cc2ccccc2)C(=O)Nc2cc(C)oc2C(F)(F)F)CC1.CCCCN1CCC(CC(=O)OC)(NC(=O)Nc2cccc(C(F)(F)F)c2)CC1.N#CCCCN1CCC(N(Cc2ccccc2CC(=O)CCl)C(=O)Nc2ccc(Cl)c(Cl)c2)CC1. The van der Waals surface area contributed by atoms with Gasteiger partial charge in [-0.2, -0.15) is 44.8 Å². The Labute approximate surface area is 793 Å². The Kier molecular flexibility index (Phi) is 43.8. The Hall–Kier alpha value is -10.1. The quantitative estimate of drug-likeness (QED) is 0.00828. The van der Waals surface area contributed by atoms with Crippen LogP contribution in [0.2, 0.25) is 10.0 Å². The highest BCUT2D eigenvalue weighted by molar-refractivity contribution is 6.42. The van der Waals surface area contributed by atoms with Gasteiger partial charge in [0.1, 0.15) is 5.76 Å². The minimum absolute atomic E-state index is 0.0150. The van der Waals surface area contributed by atoms with Gasteiger partial charge in [-0.15, -0.1) is 35.5 Å². The van der Waals surface area contributed by atoms with E-state index in [1.54, 1.807) is 28.0 Å². The van der Waals surface area contributed by atoms with Crippen molar-refractivity contribution in [2.75, 3.05) is 112 Å². The molecule has 4 fully saturated rings. The zero-order valence-corrected chi connectivity index (χ0v) is 78.8. The highest BCUT2D eigenvalue weighted by Gasteiger charge is 2.42. The van der Waals surface area contributed by atoms with Gasteiger partial charge in [0.05, 0.1) is 63.8 Å². The summed E-state index contributed by atoms with van der Waals surface area (Å²) < 4.78 is 128. The number of unbranched alkanes of at least 4 members (excludes halogenated alkanes) is 3. The number of hydrogen-bond acceptors (Lipinski definition) is 14. The maximum atomic E-state index is 13.5. The van der Waals surface area contributed by atoms with Gasteiger partial charge >= 0.3 is 48.6 Å². The number of furan rings is 1. The second kappa shape index (κ2) is 53.9. The number of hydrogen-bond donors (Lipinski definition) is 5. The number of nitrogens with one attached hydrogen (secondary N) is 5. The van der Waals surface area contributed by atoms with E-state index < -0.39 is 65.0 Å². The number of ketones is 2. The molecule has 4 aliphatic heterocycles. The van der Waals surface area contributed by atoms with Crippen LogP contribution in [0.5, 0.6) is 0 Å². The normalized spacial score (nSPS) is 15.5. The number of aryl methyl sites for hydroxylation is 1. The summed E-state index contributed by atoms with van der Waals surface area (Å²) in [6, 6.07) is 40.4. The van der Waals surface area contributed by atoms with Gasteiger partial charge in [-0.1, -0.05) is 141 Å². The number of terminal acetylenes is 1. The standard InChI is InChI=1S/C28H31ClF3N3O2.C26H29Cl3N4O2.C24H32F3N3O2.C20H28F3N3O3/c1-2-3-6-14-34-15-12-25(13-16-34)35(20-22-9-5-4-8-21(22)17-26(36)19-29)27(37)33-24-11-7-10-23(18-24)28(30,31)32;27-17-23(34)15-19-5-1-2-6-20(19)18-33(22-9-13-32(14-10-22)12-4-3-11-30)26(35)31-21-7-8-24(28)25(29)16-21;1-4-8-17(2)29-13-11-20(12-14-29)30(16-19-9-6-5-7-10-19)23(31)28-21-15-18(3)32-22(21)24(25,26)27;1-3-4-10-26-11-8-19(9-12-26,14-17(27)29-2)25-18(28)24-16-7-5-6-15(13-16)20(21,22)23/h1,4-5,7-11,18,25H,3,6,12-17,19-20H2,(H,33,37);1-2,5-8,16,22H,3-4,9-10,12-15,17-18H2,(H,31,35);5-7,9-10,15,17,20H,4,8,11-14,16H2,1-3H3,(H,28,31);5-7,13H,3-4,8-12,14H2,1-2H3,(H2,24,25,28). The fraction of sp³-hybridized carbons (Fsp3) is 0.490. The van der Waals surface area contributed by atoms with Crippen molar-refractivity contribution in [3.8, 4) is 18.4 Å². The van der Waals surface area contributed by atoms with Crippen molar-refractivity contribution in [2.24, 2.45) is 0 Å². The average Bonchev–Trinajstić information content (AvgIpc) is 1.70. The van der Waals surface area contributed by atoms with Crippen LogP contribution in [0.25, 0.3) is 0 Å². The lowest BCUT2D eigenvalue weighted by atomic mass is 9.84. The number of methoxy groups -OCH3 is 1. The summed E-state index contributed by atoms with van der Waals surface area (Å²) in [5, 5.41) is 22.9. The number of urea groups is 4. The summed E-state index contributed by atoms with van der Waals surface area (Å²) in [4.78, 5) is 103. The molecule has 5 heterocycles. The van der Waals surface area contributed by atoms with Gasteiger partial charge in [0.25, 0.3) is 0 Å². The van der Waals surface area contributed by atoms with Crippen molar-refractivity contribution < 1.29 is 82.2 Å². The molecule has 0 aliphatic carbocycles. The predicted molar refractivity (Wildman–Crippen MR) is 503 cm³/mol. The summed E-state index contributed by atoms with van der Waals surface area (Å²) >= 11 is 23.6. The van der Waals surface area contributed by atoms with Crippen LogP contribution in [0.3, 0.4) is 0 Å². The van der Waals surface area contributed by atoms with E-state index in [9.17, 15) is 73.1 Å². The van der Waals surface area contributed by atoms with Crippen LogP contribution in [-0.2, 0) is 70.1 Å². The van der Waals surface area contributed by atoms with Crippen LogP contribution < -0.4 is 26.6 Å². The molecule has 133 heavy (non-hydrogen) atoms.